The number of carbonyl (C=O) groups excluding carboxylic acids is 1. The summed E-state index contributed by atoms with van der Waals surface area (Å²) in [7, 11) is 0. The zero-order valence-corrected chi connectivity index (χ0v) is 11.5. The van der Waals surface area contributed by atoms with Gasteiger partial charge in [-0.15, -0.1) is 0 Å². The smallest absolute Gasteiger partial charge is 0.152 e. The van der Waals surface area contributed by atoms with Crippen LogP contribution in [0.25, 0.3) is 0 Å². The highest BCUT2D eigenvalue weighted by atomic mass is 16.1. The first-order valence-corrected chi connectivity index (χ1v) is 7.05. The fourth-order valence-corrected chi connectivity index (χ4v) is 2.93. The van der Waals surface area contributed by atoms with E-state index < -0.39 is 0 Å². The number of anilines is 1. The van der Waals surface area contributed by atoms with Gasteiger partial charge in [-0.05, 0) is 37.8 Å². The lowest BCUT2D eigenvalue weighted by molar-refractivity contribution is 0.112. The van der Waals surface area contributed by atoms with E-state index in [1.54, 1.807) is 0 Å². The number of aryl methyl sites for hydroxylation is 1. The summed E-state index contributed by atoms with van der Waals surface area (Å²) >= 11 is 0. The molecule has 0 unspecified atom stereocenters. The highest BCUT2D eigenvalue weighted by Crippen LogP contribution is 2.28. The minimum atomic E-state index is 0.837. The Morgan fingerprint density at radius 2 is 2.06 bits per heavy atom. The van der Waals surface area contributed by atoms with Crippen LogP contribution in [0.4, 0.5) is 5.69 Å². The van der Waals surface area contributed by atoms with Crippen molar-refractivity contribution in [1.29, 1.82) is 0 Å². The second kappa shape index (κ2) is 6.03. The van der Waals surface area contributed by atoms with Gasteiger partial charge in [0.25, 0.3) is 0 Å². The van der Waals surface area contributed by atoms with Gasteiger partial charge in [0.1, 0.15) is 0 Å². The van der Waals surface area contributed by atoms with E-state index in [0.717, 1.165) is 42.1 Å². The van der Waals surface area contributed by atoms with Crippen molar-refractivity contribution < 1.29 is 4.79 Å². The number of piperidine rings is 1. The number of hydrogen-bond acceptors (Lipinski definition) is 2. The molecule has 1 aliphatic rings. The van der Waals surface area contributed by atoms with Crippen LogP contribution in [0.5, 0.6) is 0 Å². The van der Waals surface area contributed by atoms with Crippen LogP contribution in [0.2, 0.25) is 0 Å². The Kier molecular flexibility index (Phi) is 4.40. The molecule has 18 heavy (non-hydrogen) atoms. The molecule has 0 spiro atoms. The topological polar surface area (TPSA) is 20.3 Å². The Balaban J connectivity index is 2.07. The number of hydrogen-bond donors (Lipinski definition) is 0. The molecule has 0 aromatic heterocycles. The van der Waals surface area contributed by atoms with Gasteiger partial charge in [0.2, 0.25) is 0 Å². The molecule has 1 aliphatic heterocycles. The van der Waals surface area contributed by atoms with Gasteiger partial charge in [-0.25, -0.2) is 0 Å². The van der Waals surface area contributed by atoms with Crippen molar-refractivity contribution in [1.82, 2.24) is 0 Å². The molecule has 0 amide bonds. The van der Waals surface area contributed by atoms with E-state index in [-0.39, 0.29) is 0 Å². The summed E-state index contributed by atoms with van der Waals surface area (Å²) in [4.78, 5) is 13.5. The van der Waals surface area contributed by atoms with Crippen LogP contribution >= 0.6 is 0 Å². The van der Waals surface area contributed by atoms with E-state index in [2.05, 4.69) is 24.0 Å². The SMILES string of the molecule is CCCC1CCN(c2ccc(C)cc2C=O)CC1. The molecular formula is C16H23NO. The zero-order chi connectivity index (χ0) is 13.0. The Morgan fingerprint density at radius 1 is 1.33 bits per heavy atom. The van der Waals surface area contributed by atoms with Crippen LogP contribution in [0.15, 0.2) is 18.2 Å². The van der Waals surface area contributed by atoms with Gasteiger partial charge in [0.15, 0.2) is 6.29 Å². The highest BCUT2D eigenvalue weighted by Gasteiger charge is 2.20. The summed E-state index contributed by atoms with van der Waals surface area (Å²) < 4.78 is 0. The van der Waals surface area contributed by atoms with Crippen molar-refractivity contribution in [3.05, 3.63) is 29.3 Å². The maximum atomic E-state index is 11.2. The summed E-state index contributed by atoms with van der Waals surface area (Å²) in [5.74, 6) is 0.886. The van der Waals surface area contributed by atoms with Crippen molar-refractivity contribution in [3.8, 4) is 0 Å². The largest absolute Gasteiger partial charge is 0.371 e. The van der Waals surface area contributed by atoms with Gasteiger partial charge in [-0.2, -0.15) is 0 Å². The minimum Gasteiger partial charge on any atom is -0.371 e. The Hall–Kier alpha value is -1.31. The van der Waals surface area contributed by atoms with Crippen molar-refractivity contribution >= 4 is 12.0 Å². The van der Waals surface area contributed by atoms with Crippen molar-refractivity contribution in [3.63, 3.8) is 0 Å². The van der Waals surface area contributed by atoms with Gasteiger partial charge >= 0.3 is 0 Å². The molecule has 0 saturated carbocycles. The Labute approximate surface area is 110 Å². The lowest BCUT2D eigenvalue weighted by Crippen LogP contribution is -2.34. The molecule has 0 atom stereocenters. The summed E-state index contributed by atoms with van der Waals surface area (Å²) in [6, 6.07) is 6.18. The average Bonchev–Trinajstić information content (AvgIpc) is 2.40. The molecule has 0 aliphatic carbocycles. The van der Waals surface area contributed by atoms with E-state index in [1.165, 1.54) is 25.7 Å². The third kappa shape index (κ3) is 2.92. The molecule has 98 valence electrons. The standard InChI is InChI=1S/C16H23NO/c1-3-4-14-7-9-17(10-8-14)16-6-5-13(2)11-15(16)12-18/h5-6,11-12,14H,3-4,7-10H2,1-2H3. The molecule has 2 nitrogen and oxygen atoms in total. The summed E-state index contributed by atoms with van der Waals surface area (Å²) in [5, 5.41) is 0. The first-order valence-electron chi connectivity index (χ1n) is 7.05. The monoisotopic (exact) mass is 245 g/mol. The average molecular weight is 245 g/mol. The minimum absolute atomic E-state index is 0.837. The maximum Gasteiger partial charge on any atom is 0.152 e. The predicted octanol–water partition coefficient (Wildman–Crippen LogP) is 3.82. The van der Waals surface area contributed by atoms with Crippen LogP contribution in [-0.2, 0) is 0 Å². The first-order chi connectivity index (χ1) is 8.74. The number of aldehydes is 1. The quantitative estimate of drug-likeness (QED) is 0.751. The molecule has 0 bridgehead atoms. The third-order valence-corrected chi connectivity index (χ3v) is 3.96. The molecule has 0 radical (unpaired) electrons. The fraction of sp³-hybridized carbons (Fsp3) is 0.562. The second-order valence-electron chi connectivity index (χ2n) is 5.40. The van der Waals surface area contributed by atoms with Crippen molar-refractivity contribution in [2.24, 2.45) is 5.92 Å². The third-order valence-electron chi connectivity index (χ3n) is 3.96. The van der Waals surface area contributed by atoms with E-state index in [0.29, 0.717) is 0 Å². The normalized spacial score (nSPS) is 16.9. The predicted molar refractivity (Wildman–Crippen MR) is 76.4 cm³/mol. The fourth-order valence-electron chi connectivity index (χ4n) is 2.93. The highest BCUT2D eigenvalue weighted by molar-refractivity contribution is 5.85. The van der Waals surface area contributed by atoms with E-state index in [1.807, 2.05) is 13.0 Å². The van der Waals surface area contributed by atoms with E-state index in [9.17, 15) is 4.79 Å². The van der Waals surface area contributed by atoms with Crippen LogP contribution in [-0.4, -0.2) is 19.4 Å². The Morgan fingerprint density at radius 3 is 2.67 bits per heavy atom. The number of carbonyl (C=O) groups is 1. The molecule has 2 rings (SSSR count). The number of benzene rings is 1. The molecule has 1 saturated heterocycles. The molecule has 1 aromatic rings. The van der Waals surface area contributed by atoms with E-state index in [4.69, 9.17) is 0 Å². The molecule has 1 heterocycles. The van der Waals surface area contributed by atoms with Crippen LogP contribution in [0, 0.1) is 12.8 Å². The molecule has 2 heteroatoms. The summed E-state index contributed by atoms with van der Waals surface area (Å²) in [6.07, 6.45) is 6.15. The van der Waals surface area contributed by atoms with Gasteiger partial charge < -0.3 is 4.90 Å². The molecule has 1 fully saturated rings. The Bertz CT molecular complexity index is 406. The summed E-state index contributed by atoms with van der Waals surface area (Å²) in [5.41, 5.74) is 3.11. The second-order valence-corrected chi connectivity index (χ2v) is 5.40. The zero-order valence-electron chi connectivity index (χ0n) is 11.5. The van der Waals surface area contributed by atoms with Crippen molar-refractivity contribution in [2.75, 3.05) is 18.0 Å². The van der Waals surface area contributed by atoms with Gasteiger partial charge in [0.05, 0.1) is 0 Å². The first kappa shape index (κ1) is 13.1. The number of nitrogens with zero attached hydrogens (tertiary/aromatic N) is 1. The van der Waals surface area contributed by atoms with Gasteiger partial charge in [-0.3, -0.25) is 4.79 Å². The van der Waals surface area contributed by atoms with Crippen molar-refractivity contribution in [2.45, 2.75) is 39.5 Å². The lowest BCUT2D eigenvalue weighted by atomic mass is 9.92. The molecule has 0 N–H and O–H groups in total. The summed E-state index contributed by atoms with van der Waals surface area (Å²) in [6.45, 7) is 6.48. The van der Waals surface area contributed by atoms with Gasteiger partial charge in [0, 0.05) is 24.3 Å². The van der Waals surface area contributed by atoms with Crippen LogP contribution in [0.3, 0.4) is 0 Å². The van der Waals surface area contributed by atoms with Crippen LogP contribution in [0.1, 0.15) is 48.5 Å². The lowest BCUT2D eigenvalue weighted by Gasteiger charge is -2.34. The maximum absolute atomic E-state index is 11.2. The van der Waals surface area contributed by atoms with E-state index >= 15 is 0 Å². The van der Waals surface area contributed by atoms with Crippen LogP contribution < -0.4 is 4.90 Å². The molecule has 1 aromatic carbocycles. The number of rotatable bonds is 4. The van der Waals surface area contributed by atoms with Gasteiger partial charge in [-0.1, -0.05) is 31.4 Å². The molecular weight excluding hydrogens is 222 g/mol.